The molecular weight excluding hydrogens is 172 g/mol. The van der Waals surface area contributed by atoms with Crippen LogP contribution in [0, 0.1) is 0 Å². The Kier molecular flexibility index (Phi) is 2.97. The first kappa shape index (κ1) is 9.18. The highest BCUT2D eigenvalue weighted by Gasteiger charge is 1.93. The smallest absolute Gasteiger partial charge is 0.307 e. The van der Waals surface area contributed by atoms with E-state index in [1.807, 2.05) is 0 Å². The normalized spacial score (nSPS) is 10.5. The predicted molar refractivity (Wildman–Crippen MR) is 46.1 cm³/mol. The van der Waals surface area contributed by atoms with Crippen LogP contribution in [0.25, 0.3) is 6.08 Å². The number of rotatable bonds is 3. The summed E-state index contributed by atoms with van der Waals surface area (Å²) in [4.78, 5) is 27.2. The van der Waals surface area contributed by atoms with Crippen molar-refractivity contribution >= 4 is 12.0 Å². The van der Waals surface area contributed by atoms with Crippen molar-refractivity contribution < 1.29 is 9.90 Å². The molecule has 0 radical (unpaired) electrons. The van der Waals surface area contributed by atoms with Crippen LogP contribution >= 0.6 is 0 Å². The lowest BCUT2D eigenvalue weighted by molar-refractivity contribution is -0.135. The second kappa shape index (κ2) is 4.20. The van der Waals surface area contributed by atoms with Crippen molar-refractivity contribution in [3.8, 4) is 0 Å². The third-order valence-electron chi connectivity index (χ3n) is 1.34. The van der Waals surface area contributed by atoms with E-state index >= 15 is 0 Å². The Balaban J connectivity index is 2.75. The van der Waals surface area contributed by atoms with Gasteiger partial charge in [0.2, 0.25) is 0 Å². The molecule has 1 aromatic heterocycles. The van der Waals surface area contributed by atoms with E-state index in [0.29, 0.717) is 5.56 Å². The summed E-state index contributed by atoms with van der Waals surface area (Å²) in [6.07, 6.45) is 5.37. The molecule has 0 fully saturated rings. The standard InChI is InChI=1S/C8H8N2O3/c11-7(12)3-1-2-6-4-9-5-10-8(6)13/h1-2,4-5H,3H2,(H,11,12)(H,9,10,13). The molecule has 68 valence electrons. The average Bonchev–Trinajstić information content (AvgIpc) is 2.08. The molecule has 0 aliphatic rings. The number of carboxylic acids is 1. The Morgan fingerprint density at radius 1 is 1.69 bits per heavy atom. The summed E-state index contributed by atoms with van der Waals surface area (Å²) in [6.45, 7) is 0. The Morgan fingerprint density at radius 2 is 2.46 bits per heavy atom. The minimum absolute atomic E-state index is 0.103. The number of nitrogens with one attached hydrogen (secondary N) is 1. The molecule has 5 heteroatoms. The number of aromatic nitrogens is 2. The fraction of sp³-hybridized carbons (Fsp3) is 0.125. The molecule has 1 aromatic rings. The number of hydrogen-bond donors (Lipinski definition) is 2. The van der Waals surface area contributed by atoms with E-state index in [-0.39, 0.29) is 12.0 Å². The maximum atomic E-state index is 11.0. The van der Waals surface area contributed by atoms with Crippen LogP contribution in [0.1, 0.15) is 12.0 Å². The van der Waals surface area contributed by atoms with Gasteiger partial charge in [0.05, 0.1) is 18.3 Å². The zero-order valence-electron chi connectivity index (χ0n) is 6.73. The lowest BCUT2D eigenvalue weighted by Crippen LogP contribution is -2.08. The molecular formula is C8H8N2O3. The minimum Gasteiger partial charge on any atom is -0.481 e. The third kappa shape index (κ3) is 2.90. The van der Waals surface area contributed by atoms with Crippen LogP contribution in [0.15, 0.2) is 23.4 Å². The first-order valence-electron chi connectivity index (χ1n) is 3.61. The number of carbonyl (C=O) groups is 1. The number of aromatic amines is 1. The second-order valence-corrected chi connectivity index (χ2v) is 2.34. The van der Waals surface area contributed by atoms with Crippen molar-refractivity contribution in [3.63, 3.8) is 0 Å². The number of carboxylic acid groups (broad SMARTS) is 1. The summed E-state index contributed by atoms with van der Waals surface area (Å²) in [6, 6.07) is 0. The molecule has 0 unspecified atom stereocenters. The second-order valence-electron chi connectivity index (χ2n) is 2.34. The van der Waals surface area contributed by atoms with Gasteiger partial charge in [-0.25, -0.2) is 4.98 Å². The van der Waals surface area contributed by atoms with Crippen LogP contribution in [0.2, 0.25) is 0 Å². The Hall–Kier alpha value is -1.91. The van der Waals surface area contributed by atoms with Crippen LogP contribution in [-0.2, 0) is 4.79 Å². The maximum Gasteiger partial charge on any atom is 0.307 e. The van der Waals surface area contributed by atoms with E-state index in [0.717, 1.165) is 0 Å². The van der Waals surface area contributed by atoms with Crippen molar-refractivity contribution in [1.82, 2.24) is 9.97 Å². The molecule has 0 amide bonds. The lowest BCUT2D eigenvalue weighted by Gasteiger charge is -1.88. The molecule has 1 heterocycles. The highest BCUT2D eigenvalue weighted by molar-refractivity contribution is 5.70. The van der Waals surface area contributed by atoms with Gasteiger partial charge in [0.25, 0.3) is 5.56 Å². The summed E-state index contributed by atoms with van der Waals surface area (Å²) in [7, 11) is 0. The molecule has 0 aromatic carbocycles. The first-order valence-corrected chi connectivity index (χ1v) is 3.61. The zero-order valence-corrected chi connectivity index (χ0v) is 6.73. The van der Waals surface area contributed by atoms with Crippen LogP contribution in [0.3, 0.4) is 0 Å². The highest BCUT2D eigenvalue weighted by atomic mass is 16.4. The van der Waals surface area contributed by atoms with Crippen LogP contribution in [0.4, 0.5) is 0 Å². The summed E-state index contributed by atoms with van der Waals surface area (Å²) in [5.41, 5.74) is 0.0698. The van der Waals surface area contributed by atoms with Crippen molar-refractivity contribution in [2.24, 2.45) is 0 Å². The van der Waals surface area contributed by atoms with Crippen LogP contribution < -0.4 is 5.56 Å². The molecule has 0 saturated carbocycles. The van der Waals surface area contributed by atoms with E-state index in [9.17, 15) is 9.59 Å². The van der Waals surface area contributed by atoms with E-state index in [1.54, 1.807) is 0 Å². The molecule has 0 aliphatic heterocycles. The largest absolute Gasteiger partial charge is 0.481 e. The van der Waals surface area contributed by atoms with Gasteiger partial charge in [-0.05, 0) is 0 Å². The van der Waals surface area contributed by atoms with E-state index < -0.39 is 5.97 Å². The zero-order chi connectivity index (χ0) is 9.68. The van der Waals surface area contributed by atoms with Gasteiger partial charge in [-0.15, -0.1) is 0 Å². The molecule has 2 N–H and O–H groups in total. The minimum atomic E-state index is -0.934. The molecule has 0 aliphatic carbocycles. The summed E-state index contributed by atoms with van der Waals surface area (Å²) >= 11 is 0. The third-order valence-corrected chi connectivity index (χ3v) is 1.34. The predicted octanol–water partition coefficient (Wildman–Crippen LogP) is 0.258. The number of nitrogens with zero attached hydrogens (tertiary/aromatic N) is 1. The summed E-state index contributed by atoms with van der Waals surface area (Å²) in [5.74, 6) is -0.934. The molecule has 0 atom stereocenters. The first-order chi connectivity index (χ1) is 6.20. The topological polar surface area (TPSA) is 83.0 Å². The van der Waals surface area contributed by atoms with Gasteiger partial charge >= 0.3 is 5.97 Å². The Morgan fingerprint density at radius 3 is 3.08 bits per heavy atom. The lowest BCUT2D eigenvalue weighted by atomic mass is 10.3. The number of aliphatic carboxylic acids is 1. The SMILES string of the molecule is O=C(O)CC=Cc1cnc[nH]c1=O. The van der Waals surface area contributed by atoms with Crippen molar-refractivity contribution in [3.05, 3.63) is 34.5 Å². The van der Waals surface area contributed by atoms with Gasteiger partial charge in [-0.2, -0.15) is 0 Å². The fourth-order valence-corrected chi connectivity index (χ4v) is 0.761. The molecule has 0 saturated heterocycles. The average molecular weight is 180 g/mol. The number of hydrogen-bond acceptors (Lipinski definition) is 3. The van der Waals surface area contributed by atoms with Gasteiger partial charge in [0.15, 0.2) is 0 Å². The van der Waals surface area contributed by atoms with Gasteiger partial charge < -0.3 is 10.1 Å². The number of H-pyrrole nitrogens is 1. The van der Waals surface area contributed by atoms with Crippen molar-refractivity contribution in [2.75, 3.05) is 0 Å². The molecule has 0 spiro atoms. The molecule has 5 nitrogen and oxygen atoms in total. The summed E-state index contributed by atoms with van der Waals surface area (Å²) in [5, 5.41) is 8.31. The van der Waals surface area contributed by atoms with Crippen LogP contribution in [0.5, 0.6) is 0 Å². The van der Waals surface area contributed by atoms with Crippen molar-refractivity contribution in [2.45, 2.75) is 6.42 Å². The monoisotopic (exact) mass is 180 g/mol. The van der Waals surface area contributed by atoms with Crippen molar-refractivity contribution in [1.29, 1.82) is 0 Å². The van der Waals surface area contributed by atoms with E-state index in [1.165, 1.54) is 24.7 Å². The van der Waals surface area contributed by atoms with E-state index in [4.69, 9.17) is 5.11 Å². The Labute approximate surface area is 73.8 Å². The summed E-state index contributed by atoms with van der Waals surface area (Å²) < 4.78 is 0. The van der Waals surface area contributed by atoms with Gasteiger partial charge in [0, 0.05) is 6.20 Å². The highest BCUT2D eigenvalue weighted by Crippen LogP contribution is 1.92. The van der Waals surface area contributed by atoms with E-state index in [2.05, 4.69) is 9.97 Å². The van der Waals surface area contributed by atoms with Gasteiger partial charge in [-0.1, -0.05) is 12.2 Å². The fourth-order valence-electron chi connectivity index (χ4n) is 0.761. The molecule has 1 rings (SSSR count). The quantitative estimate of drug-likeness (QED) is 0.698. The molecule has 13 heavy (non-hydrogen) atoms. The van der Waals surface area contributed by atoms with Gasteiger partial charge in [0.1, 0.15) is 0 Å². The molecule has 0 bridgehead atoms. The van der Waals surface area contributed by atoms with Gasteiger partial charge in [-0.3, -0.25) is 9.59 Å². The maximum absolute atomic E-state index is 11.0. The Bertz CT molecular complexity index is 381. The van der Waals surface area contributed by atoms with Crippen LogP contribution in [-0.4, -0.2) is 21.0 Å².